The van der Waals surface area contributed by atoms with E-state index in [-0.39, 0.29) is 11.4 Å². The van der Waals surface area contributed by atoms with E-state index in [0.29, 0.717) is 5.69 Å². The molecule has 1 rings (SSSR count). The van der Waals surface area contributed by atoms with E-state index < -0.39 is 12.0 Å². The third kappa shape index (κ3) is 1.72. The number of nitrogens with zero attached hydrogens (tertiary/aromatic N) is 2. The standard InChI is InChI=1S/C8H7F2N3/c1-4-6(12)2-5(8(9)10)7(3-11)13-4/h2,8H,12H2,1H3. The Labute approximate surface area is 73.8 Å². The fourth-order valence-electron chi connectivity index (χ4n) is 0.893. The molecule has 0 aliphatic heterocycles. The van der Waals surface area contributed by atoms with Gasteiger partial charge in [0.15, 0.2) is 0 Å². The van der Waals surface area contributed by atoms with E-state index in [0.717, 1.165) is 6.07 Å². The number of nitrogens with two attached hydrogens (primary N) is 1. The Morgan fingerprint density at radius 1 is 1.62 bits per heavy atom. The van der Waals surface area contributed by atoms with E-state index >= 15 is 0 Å². The zero-order valence-corrected chi connectivity index (χ0v) is 6.88. The fraction of sp³-hybridized carbons (Fsp3) is 0.250. The van der Waals surface area contributed by atoms with Crippen LogP contribution in [0.4, 0.5) is 14.5 Å². The fourth-order valence-corrected chi connectivity index (χ4v) is 0.893. The molecule has 0 unspecified atom stereocenters. The van der Waals surface area contributed by atoms with E-state index in [1.807, 2.05) is 0 Å². The van der Waals surface area contributed by atoms with E-state index in [2.05, 4.69) is 4.98 Å². The summed E-state index contributed by atoms with van der Waals surface area (Å²) in [6, 6.07) is 2.69. The van der Waals surface area contributed by atoms with Crippen molar-refractivity contribution in [2.24, 2.45) is 0 Å². The molecule has 0 radical (unpaired) electrons. The van der Waals surface area contributed by atoms with Crippen LogP contribution in [0.3, 0.4) is 0 Å². The lowest BCUT2D eigenvalue weighted by Gasteiger charge is -2.05. The zero-order chi connectivity index (χ0) is 10.0. The van der Waals surface area contributed by atoms with Crippen molar-refractivity contribution in [1.29, 1.82) is 5.26 Å². The highest BCUT2D eigenvalue weighted by Gasteiger charge is 2.15. The monoisotopic (exact) mass is 183 g/mol. The first-order chi connectivity index (χ1) is 6.06. The highest BCUT2D eigenvalue weighted by atomic mass is 19.3. The minimum absolute atomic E-state index is 0.175. The van der Waals surface area contributed by atoms with Gasteiger partial charge in [0, 0.05) is 0 Å². The molecule has 68 valence electrons. The van der Waals surface area contributed by atoms with Crippen LogP contribution in [0, 0.1) is 18.3 Å². The third-order valence-corrected chi connectivity index (χ3v) is 1.62. The number of nitriles is 1. The molecule has 0 atom stereocenters. The second-order valence-electron chi connectivity index (χ2n) is 2.51. The van der Waals surface area contributed by atoms with Crippen molar-refractivity contribution in [3.63, 3.8) is 0 Å². The number of anilines is 1. The van der Waals surface area contributed by atoms with Gasteiger partial charge >= 0.3 is 0 Å². The lowest BCUT2D eigenvalue weighted by Crippen LogP contribution is -2.01. The number of rotatable bonds is 1. The van der Waals surface area contributed by atoms with Crippen LogP contribution in [0.1, 0.15) is 23.4 Å². The number of hydrogen-bond acceptors (Lipinski definition) is 3. The van der Waals surface area contributed by atoms with Gasteiger partial charge in [-0.15, -0.1) is 0 Å². The molecule has 1 aromatic heterocycles. The average Bonchev–Trinajstić information content (AvgIpc) is 2.08. The highest BCUT2D eigenvalue weighted by molar-refractivity contribution is 5.49. The minimum atomic E-state index is -2.72. The molecule has 0 amide bonds. The van der Waals surface area contributed by atoms with Gasteiger partial charge in [0.2, 0.25) is 0 Å². The molecule has 1 aromatic rings. The molecule has 2 N–H and O–H groups in total. The van der Waals surface area contributed by atoms with Crippen LogP contribution in [0.25, 0.3) is 0 Å². The topological polar surface area (TPSA) is 62.7 Å². The van der Waals surface area contributed by atoms with Gasteiger partial charge in [-0.1, -0.05) is 0 Å². The number of hydrogen-bond donors (Lipinski definition) is 1. The van der Waals surface area contributed by atoms with Gasteiger partial charge < -0.3 is 5.73 Å². The number of pyridine rings is 1. The minimum Gasteiger partial charge on any atom is -0.397 e. The Morgan fingerprint density at radius 2 is 2.23 bits per heavy atom. The first-order valence-corrected chi connectivity index (χ1v) is 3.51. The van der Waals surface area contributed by atoms with Crippen molar-refractivity contribution < 1.29 is 8.78 Å². The van der Waals surface area contributed by atoms with Gasteiger partial charge in [-0.05, 0) is 13.0 Å². The van der Waals surface area contributed by atoms with Crippen LogP contribution in [-0.2, 0) is 0 Å². The maximum absolute atomic E-state index is 12.3. The summed E-state index contributed by atoms with van der Waals surface area (Å²) in [6.07, 6.45) is -2.72. The van der Waals surface area contributed by atoms with Crippen molar-refractivity contribution in [2.45, 2.75) is 13.3 Å². The molecule has 1 heterocycles. The molecule has 0 aliphatic carbocycles. The van der Waals surface area contributed by atoms with Gasteiger partial charge in [-0.3, -0.25) is 0 Å². The van der Waals surface area contributed by atoms with Crippen molar-refractivity contribution in [1.82, 2.24) is 4.98 Å². The maximum atomic E-state index is 12.3. The summed E-state index contributed by atoms with van der Waals surface area (Å²) < 4.78 is 24.6. The Balaban J connectivity index is 3.35. The molecular weight excluding hydrogens is 176 g/mol. The van der Waals surface area contributed by atoms with Crippen LogP contribution < -0.4 is 5.73 Å². The highest BCUT2D eigenvalue weighted by Crippen LogP contribution is 2.24. The summed E-state index contributed by atoms with van der Waals surface area (Å²) in [7, 11) is 0. The first-order valence-electron chi connectivity index (χ1n) is 3.51. The number of halogens is 2. The molecule has 13 heavy (non-hydrogen) atoms. The van der Waals surface area contributed by atoms with Gasteiger partial charge in [0.1, 0.15) is 11.8 Å². The lowest BCUT2D eigenvalue weighted by molar-refractivity contribution is 0.150. The van der Waals surface area contributed by atoms with Gasteiger partial charge in [0.25, 0.3) is 6.43 Å². The molecule has 0 saturated carbocycles. The first kappa shape index (κ1) is 9.39. The Bertz CT molecular complexity index is 368. The normalized spacial score (nSPS) is 10.1. The van der Waals surface area contributed by atoms with Crippen LogP contribution in [0.15, 0.2) is 6.07 Å². The van der Waals surface area contributed by atoms with Gasteiger partial charge in [-0.25, -0.2) is 13.8 Å². The van der Waals surface area contributed by atoms with E-state index in [9.17, 15) is 8.78 Å². The van der Waals surface area contributed by atoms with Crippen molar-refractivity contribution >= 4 is 5.69 Å². The summed E-state index contributed by atoms with van der Waals surface area (Å²) in [5.41, 5.74) is 5.27. The number of nitrogen functional groups attached to an aromatic ring is 1. The van der Waals surface area contributed by atoms with Crippen LogP contribution >= 0.6 is 0 Å². The predicted octanol–water partition coefficient (Wildman–Crippen LogP) is 1.78. The predicted molar refractivity (Wildman–Crippen MR) is 43.1 cm³/mol. The number of aryl methyl sites for hydroxylation is 1. The Morgan fingerprint density at radius 3 is 2.69 bits per heavy atom. The largest absolute Gasteiger partial charge is 0.397 e. The Hall–Kier alpha value is -1.70. The molecule has 5 heteroatoms. The van der Waals surface area contributed by atoms with Gasteiger partial charge in [-0.2, -0.15) is 5.26 Å². The second kappa shape index (κ2) is 3.35. The van der Waals surface area contributed by atoms with Crippen LogP contribution in [0.5, 0.6) is 0 Å². The van der Waals surface area contributed by atoms with E-state index in [1.54, 1.807) is 13.0 Å². The Kier molecular flexibility index (Phi) is 2.42. The van der Waals surface area contributed by atoms with Gasteiger partial charge in [0.05, 0.1) is 16.9 Å². The second-order valence-corrected chi connectivity index (χ2v) is 2.51. The van der Waals surface area contributed by atoms with E-state index in [4.69, 9.17) is 11.0 Å². The summed E-state index contributed by atoms with van der Waals surface area (Å²) in [6.45, 7) is 1.56. The zero-order valence-electron chi connectivity index (χ0n) is 6.88. The maximum Gasteiger partial charge on any atom is 0.266 e. The lowest BCUT2D eigenvalue weighted by atomic mass is 10.1. The summed E-state index contributed by atoms with van der Waals surface area (Å²) in [4.78, 5) is 3.65. The molecule has 0 spiro atoms. The van der Waals surface area contributed by atoms with Crippen LogP contribution in [0.2, 0.25) is 0 Å². The summed E-state index contributed by atoms with van der Waals surface area (Å²) in [5.74, 6) is 0. The SMILES string of the molecule is Cc1nc(C#N)c(C(F)F)cc1N. The summed E-state index contributed by atoms with van der Waals surface area (Å²) >= 11 is 0. The molecule has 3 nitrogen and oxygen atoms in total. The smallest absolute Gasteiger partial charge is 0.266 e. The molecule has 0 aromatic carbocycles. The molecule has 0 saturated heterocycles. The van der Waals surface area contributed by atoms with Crippen molar-refractivity contribution in [2.75, 3.05) is 5.73 Å². The van der Waals surface area contributed by atoms with E-state index in [1.165, 1.54) is 0 Å². The molecule has 0 aliphatic rings. The molecular formula is C8H7F2N3. The average molecular weight is 183 g/mol. The third-order valence-electron chi connectivity index (χ3n) is 1.62. The number of aromatic nitrogens is 1. The quantitative estimate of drug-likeness (QED) is 0.721. The van der Waals surface area contributed by atoms with Crippen molar-refractivity contribution in [3.05, 3.63) is 23.0 Å². The molecule has 0 bridgehead atoms. The van der Waals surface area contributed by atoms with Crippen LogP contribution in [-0.4, -0.2) is 4.98 Å². The molecule has 0 fully saturated rings. The number of alkyl halides is 2. The summed E-state index contributed by atoms with van der Waals surface area (Å²) in [5, 5.41) is 8.50. The van der Waals surface area contributed by atoms with Crippen molar-refractivity contribution in [3.8, 4) is 6.07 Å².